The minimum absolute atomic E-state index is 0.104. The van der Waals surface area contributed by atoms with Gasteiger partial charge in [-0.2, -0.15) is 0 Å². The molecule has 0 aliphatic rings. The first-order valence-corrected chi connectivity index (χ1v) is 9.52. The minimum Gasteiger partial charge on any atom is -0.505 e. The van der Waals surface area contributed by atoms with E-state index in [-0.39, 0.29) is 16.8 Å². The highest BCUT2D eigenvalue weighted by Gasteiger charge is 2.11. The van der Waals surface area contributed by atoms with Gasteiger partial charge in [-0.05, 0) is 73.1 Å². The lowest BCUT2D eigenvalue weighted by Crippen LogP contribution is -2.34. The Balaban J connectivity index is 1.57. The van der Waals surface area contributed by atoms with Crippen LogP contribution in [-0.4, -0.2) is 16.1 Å². The fraction of sp³-hybridized carbons (Fsp3) is 0.130. The van der Waals surface area contributed by atoms with Crippen LogP contribution in [0.15, 0.2) is 66.7 Å². The van der Waals surface area contributed by atoms with Crippen molar-refractivity contribution in [2.24, 2.45) is 0 Å². The summed E-state index contributed by atoms with van der Waals surface area (Å²) in [5.41, 5.74) is 3.68. The molecule has 1 amide bonds. The Morgan fingerprint density at radius 1 is 1.03 bits per heavy atom. The number of ether oxygens (including phenoxy) is 1. The van der Waals surface area contributed by atoms with Gasteiger partial charge in [0.2, 0.25) is 0 Å². The second kappa shape index (κ2) is 9.21. The standard InChI is InChI=1S/C23H22N2O3S/c1-15-12-16(2)21(26)20(13-15)24-23(29)25-22(27)18-8-10-19(11-9-18)28-14-17-6-4-3-5-7-17/h3-13,26H,14H2,1-2H3,(H2,24,25,27,29). The quantitative estimate of drug-likeness (QED) is 0.423. The molecule has 6 heteroatoms. The molecule has 148 valence electrons. The lowest BCUT2D eigenvalue weighted by molar-refractivity contribution is 0.0977. The Morgan fingerprint density at radius 2 is 1.72 bits per heavy atom. The van der Waals surface area contributed by atoms with Crippen molar-refractivity contribution in [3.63, 3.8) is 0 Å². The van der Waals surface area contributed by atoms with Crippen LogP contribution in [0.4, 0.5) is 5.69 Å². The van der Waals surface area contributed by atoms with E-state index in [1.165, 1.54) is 0 Å². The molecule has 0 aliphatic heterocycles. The number of phenolic OH excluding ortho intramolecular Hbond substituents is 1. The summed E-state index contributed by atoms with van der Waals surface area (Å²) >= 11 is 5.20. The van der Waals surface area contributed by atoms with Gasteiger partial charge in [-0.15, -0.1) is 0 Å². The van der Waals surface area contributed by atoms with Crippen molar-refractivity contribution in [3.05, 3.63) is 89.0 Å². The highest BCUT2D eigenvalue weighted by molar-refractivity contribution is 7.80. The summed E-state index contributed by atoms with van der Waals surface area (Å²) in [6.45, 7) is 4.18. The number of carbonyl (C=O) groups excluding carboxylic acids is 1. The fourth-order valence-corrected chi connectivity index (χ4v) is 3.03. The third-order valence-electron chi connectivity index (χ3n) is 4.28. The Morgan fingerprint density at radius 3 is 2.41 bits per heavy atom. The van der Waals surface area contributed by atoms with Gasteiger partial charge in [0.1, 0.15) is 18.1 Å². The molecule has 3 N–H and O–H groups in total. The van der Waals surface area contributed by atoms with Crippen LogP contribution in [0, 0.1) is 13.8 Å². The maximum atomic E-state index is 12.4. The van der Waals surface area contributed by atoms with E-state index >= 15 is 0 Å². The molecule has 0 saturated heterocycles. The Bertz CT molecular complexity index is 1020. The van der Waals surface area contributed by atoms with Crippen LogP contribution in [0.25, 0.3) is 0 Å². The first-order valence-electron chi connectivity index (χ1n) is 9.11. The Kier molecular flexibility index (Phi) is 6.46. The number of rotatable bonds is 5. The monoisotopic (exact) mass is 406 g/mol. The number of phenols is 1. The molecule has 0 heterocycles. The molecule has 0 saturated carbocycles. The number of hydrogen-bond acceptors (Lipinski definition) is 4. The number of thiocarbonyl (C=S) groups is 1. The van der Waals surface area contributed by atoms with Gasteiger partial charge in [0, 0.05) is 5.56 Å². The number of aromatic hydroxyl groups is 1. The van der Waals surface area contributed by atoms with E-state index in [1.54, 1.807) is 37.3 Å². The van der Waals surface area contributed by atoms with Crippen molar-refractivity contribution in [3.8, 4) is 11.5 Å². The second-order valence-electron chi connectivity index (χ2n) is 6.68. The first kappa shape index (κ1) is 20.4. The number of aryl methyl sites for hydroxylation is 2. The van der Waals surface area contributed by atoms with Gasteiger partial charge in [-0.3, -0.25) is 10.1 Å². The van der Waals surface area contributed by atoms with Crippen LogP contribution >= 0.6 is 12.2 Å². The predicted octanol–water partition coefficient (Wildman–Crippen LogP) is 4.71. The highest BCUT2D eigenvalue weighted by Crippen LogP contribution is 2.28. The number of carbonyl (C=O) groups is 1. The van der Waals surface area contributed by atoms with Crippen LogP contribution in [0.2, 0.25) is 0 Å². The van der Waals surface area contributed by atoms with Gasteiger partial charge in [0.15, 0.2) is 5.11 Å². The molecule has 0 aromatic heterocycles. The van der Waals surface area contributed by atoms with E-state index in [0.29, 0.717) is 23.6 Å². The molecule has 0 bridgehead atoms. The smallest absolute Gasteiger partial charge is 0.257 e. The Hall–Kier alpha value is -3.38. The molecule has 0 spiro atoms. The highest BCUT2D eigenvalue weighted by atomic mass is 32.1. The average Bonchev–Trinajstić information content (AvgIpc) is 2.71. The lowest BCUT2D eigenvalue weighted by Gasteiger charge is -2.13. The van der Waals surface area contributed by atoms with Crippen molar-refractivity contribution in [1.82, 2.24) is 5.32 Å². The summed E-state index contributed by atoms with van der Waals surface area (Å²) in [5, 5.41) is 15.7. The number of amides is 1. The van der Waals surface area contributed by atoms with E-state index in [4.69, 9.17) is 17.0 Å². The summed E-state index contributed by atoms with van der Waals surface area (Å²) in [5.74, 6) is 0.430. The summed E-state index contributed by atoms with van der Waals surface area (Å²) in [6.07, 6.45) is 0. The minimum atomic E-state index is -0.346. The molecular formula is C23H22N2O3S. The SMILES string of the molecule is Cc1cc(C)c(O)c(NC(=S)NC(=O)c2ccc(OCc3ccccc3)cc2)c1. The van der Waals surface area contributed by atoms with Crippen LogP contribution < -0.4 is 15.4 Å². The lowest BCUT2D eigenvalue weighted by atomic mass is 10.1. The Labute approximate surface area is 175 Å². The third kappa shape index (κ3) is 5.56. The van der Waals surface area contributed by atoms with Gasteiger partial charge in [0.25, 0.3) is 5.91 Å². The second-order valence-corrected chi connectivity index (χ2v) is 7.09. The summed E-state index contributed by atoms with van der Waals surface area (Å²) in [4.78, 5) is 12.4. The topological polar surface area (TPSA) is 70.6 Å². The normalized spacial score (nSPS) is 10.3. The molecular weight excluding hydrogens is 384 g/mol. The van der Waals surface area contributed by atoms with Crippen molar-refractivity contribution >= 4 is 28.9 Å². The number of nitrogens with one attached hydrogen (secondary N) is 2. The summed E-state index contributed by atoms with van der Waals surface area (Å²) < 4.78 is 5.72. The molecule has 3 aromatic rings. The number of anilines is 1. The van der Waals surface area contributed by atoms with Gasteiger partial charge in [-0.1, -0.05) is 36.4 Å². The van der Waals surface area contributed by atoms with Crippen molar-refractivity contribution in [2.75, 3.05) is 5.32 Å². The molecule has 0 aliphatic carbocycles. The average molecular weight is 407 g/mol. The van der Waals surface area contributed by atoms with Crippen molar-refractivity contribution in [1.29, 1.82) is 0 Å². The van der Waals surface area contributed by atoms with E-state index in [0.717, 1.165) is 16.7 Å². The molecule has 0 fully saturated rings. The third-order valence-corrected chi connectivity index (χ3v) is 4.49. The van der Waals surface area contributed by atoms with Gasteiger partial charge in [0.05, 0.1) is 5.69 Å². The largest absolute Gasteiger partial charge is 0.505 e. The summed E-state index contributed by atoms with van der Waals surface area (Å²) in [6, 6.07) is 20.3. The van der Waals surface area contributed by atoms with E-state index < -0.39 is 0 Å². The number of hydrogen-bond donors (Lipinski definition) is 3. The van der Waals surface area contributed by atoms with Crippen LogP contribution in [0.1, 0.15) is 27.0 Å². The predicted molar refractivity (Wildman–Crippen MR) is 118 cm³/mol. The van der Waals surface area contributed by atoms with Crippen LogP contribution in [0.3, 0.4) is 0 Å². The van der Waals surface area contributed by atoms with Gasteiger partial charge < -0.3 is 15.2 Å². The van der Waals surface area contributed by atoms with Crippen LogP contribution in [-0.2, 0) is 6.61 Å². The van der Waals surface area contributed by atoms with E-state index in [2.05, 4.69) is 10.6 Å². The fourth-order valence-electron chi connectivity index (χ4n) is 2.83. The van der Waals surface area contributed by atoms with Gasteiger partial charge >= 0.3 is 0 Å². The van der Waals surface area contributed by atoms with Crippen molar-refractivity contribution < 1.29 is 14.6 Å². The van der Waals surface area contributed by atoms with Crippen molar-refractivity contribution in [2.45, 2.75) is 20.5 Å². The molecule has 0 unspecified atom stereocenters. The molecule has 5 nitrogen and oxygen atoms in total. The zero-order valence-electron chi connectivity index (χ0n) is 16.2. The van der Waals surface area contributed by atoms with Crippen LogP contribution in [0.5, 0.6) is 11.5 Å². The van der Waals surface area contributed by atoms with E-state index in [1.807, 2.05) is 43.3 Å². The van der Waals surface area contributed by atoms with E-state index in [9.17, 15) is 9.90 Å². The van der Waals surface area contributed by atoms with Gasteiger partial charge in [-0.25, -0.2) is 0 Å². The number of benzene rings is 3. The molecule has 29 heavy (non-hydrogen) atoms. The maximum absolute atomic E-state index is 12.4. The molecule has 3 aromatic carbocycles. The molecule has 0 atom stereocenters. The zero-order chi connectivity index (χ0) is 20.8. The first-order chi connectivity index (χ1) is 13.9. The molecule has 3 rings (SSSR count). The maximum Gasteiger partial charge on any atom is 0.257 e. The zero-order valence-corrected chi connectivity index (χ0v) is 17.0. The summed E-state index contributed by atoms with van der Waals surface area (Å²) in [7, 11) is 0. The molecule has 0 radical (unpaired) electrons.